The fourth-order valence-corrected chi connectivity index (χ4v) is 4.13. The zero-order valence-corrected chi connectivity index (χ0v) is 16.2. The van der Waals surface area contributed by atoms with Crippen LogP contribution in [0.4, 0.5) is 18.9 Å². The number of fused-ring (bicyclic) bond motifs is 1. The maximum Gasteiger partial charge on any atom is 0.416 e. The predicted octanol–water partition coefficient (Wildman–Crippen LogP) is 6.09. The summed E-state index contributed by atoms with van der Waals surface area (Å²) in [5.41, 5.74) is 2.85. The molecule has 0 saturated carbocycles. The van der Waals surface area contributed by atoms with Crippen LogP contribution in [0.15, 0.2) is 53.9 Å². The molecule has 1 amide bonds. The second-order valence-corrected chi connectivity index (χ2v) is 7.84. The summed E-state index contributed by atoms with van der Waals surface area (Å²) in [5.74, 6) is 0.352. The molecule has 0 spiro atoms. The van der Waals surface area contributed by atoms with Gasteiger partial charge in [-0.1, -0.05) is 12.1 Å². The first kappa shape index (κ1) is 19.5. The lowest BCUT2D eigenvalue weighted by Crippen LogP contribution is -2.12. The molecule has 1 heterocycles. The molecule has 0 saturated heterocycles. The van der Waals surface area contributed by atoms with Gasteiger partial charge in [-0.05, 0) is 72.2 Å². The van der Waals surface area contributed by atoms with Gasteiger partial charge >= 0.3 is 6.18 Å². The molecule has 3 nitrogen and oxygen atoms in total. The lowest BCUT2D eigenvalue weighted by Gasteiger charge is -2.09. The van der Waals surface area contributed by atoms with Crippen molar-refractivity contribution in [2.45, 2.75) is 32.0 Å². The molecule has 3 aromatic rings. The van der Waals surface area contributed by atoms with Gasteiger partial charge in [0.15, 0.2) is 0 Å². The van der Waals surface area contributed by atoms with Gasteiger partial charge in [-0.2, -0.15) is 13.2 Å². The zero-order valence-electron chi connectivity index (χ0n) is 15.4. The second-order valence-electron chi connectivity index (χ2n) is 6.92. The number of carbonyl (C=O) groups is 1. The van der Waals surface area contributed by atoms with Gasteiger partial charge in [-0.15, -0.1) is 11.3 Å². The van der Waals surface area contributed by atoms with Crippen molar-refractivity contribution >= 4 is 22.9 Å². The van der Waals surface area contributed by atoms with Gasteiger partial charge < -0.3 is 10.1 Å². The Balaban J connectivity index is 1.38. The third kappa shape index (κ3) is 4.62. The van der Waals surface area contributed by atoms with Gasteiger partial charge in [0.2, 0.25) is 0 Å². The van der Waals surface area contributed by atoms with E-state index in [2.05, 4.69) is 17.4 Å². The van der Waals surface area contributed by atoms with E-state index in [0.717, 1.165) is 36.3 Å². The molecule has 2 aromatic carbocycles. The van der Waals surface area contributed by atoms with E-state index in [0.29, 0.717) is 11.5 Å². The van der Waals surface area contributed by atoms with Crippen molar-refractivity contribution in [2.75, 3.05) is 5.32 Å². The molecule has 0 fully saturated rings. The lowest BCUT2D eigenvalue weighted by molar-refractivity contribution is -0.137. The predicted molar refractivity (Wildman–Crippen MR) is 107 cm³/mol. The van der Waals surface area contributed by atoms with Crippen molar-refractivity contribution in [3.63, 3.8) is 0 Å². The molecule has 29 heavy (non-hydrogen) atoms. The number of rotatable bonds is 5. The molecular weight excluding hydrogens is 399 g/mol. The van der Waals surface area contributed by atoms with Crippen LogP contribution >= 0.6 is 11.3 Å². The van der Waals surface area contributed by atoms with Crippen LogP contribution in [0.3, 0.4) is 0 Å². The van der Waals surface area contributed by atoms with Crippen LogP contribution in [0.5, 0.6) is 5.75 Å². The summed E-state index contributed by atoms with van der Waals surface area (Å²) in [4.78, 5) is 12.8. The van der Waals surface area contributed by atoms with E-state index in [1.54, 1.807) is 6.07 Å². The number of hydrogen-bond acceptors (Lipinski definition) is 3. The molecule has 0 radical (unpaired) electrons. The van der Waals surface area contributed by atoms with Gasteiger partial charge in [-0.3, -0.25) is 4.79 Å². The maximum atomic E-state index is 12.8. The monoisotopic (exact) mass is 417 g/mol. The highest BCUT2D eigenvalue weighted by Crippen LogP contribution is 2.31. The summed E-state index contributed by atoms with van der Waals surface area (Å²) in [6.45, 7) is 0.326. The average Bonchev–Trinajstić information content (AvgIpc) is 3.35. The van der Waals surface area contributed by atoms with Crippen LogP contribution in [-0.4, -0.2) is 5.91 Å². The summed E-state index contributed by atoms with van der Waals surface area (Å²) in [6.07, 6.45) is -1.09. The van der Waals surface area contributed by atoms with E-state index in [9.17, 15) is 18.0 Å². The molecule has 0 unspecified atom stereocenters. The van der Waals surface area contributed by atoms with Gasteiger partial charge in [-0.25, -0.2) is 0 Å². The maximum absolute atomic E-state index is 12.8. The molecule has 0 aliphatic heterocycles. The largest absolute Gasteiger partial charge is 0.489 e. The fraction of sp³-hybridized carbons (Fsp3) is 0.227. The normalized spacial score (nSPS) is 13.2. The van der Waals surface area contributed by atoms with Crippen LogP contribution < -0.4 is 10.1 Å². The number of hydrogen-bond donors (Lipinski definition) is 1. The molecule has 1 aliphatic rings. The number of benzene rings is 2. The lowest BCUT2D eigenvalue weighted by atomic mass is 10.1. The van der Waals surface area contributed by atoms with Crippen LogP contribution in [0.25, 0.3) is 0 Å². The highest BCUT2D eigenvalue weighted by molar-refractivity contribution is 7.12. The molecule has 150 valence electrons. The molecular formula is C22H18F3NO2S. The first-order valence-corrected chi connectivity index (χ1v) is 10.1. The quantitative estimate of drug-likeness (QED) is 0.546. The average molecular weight is 417 g/mol. The van der Waals surface area contributed by atoms with Crippen LogP contribution in [-0.2, 0) is 25.6 Å². The second kappa shape index (κ2) is 7.91. The Morgan fingerprint density at radius 3 is 2.72 bits per heavy atom. The minimum Gasteiger partial charge on any atom is -0.489 e. The van der Waals surface area contributed by atoms with Gasteiger partial charge in [0.25, 0.3) is 5.91 Å². The molecule has 4 rings (SSSR count). The number of amides is 1. The van der Waals surface area contributed by atoms with Crippen LogP contribution in [0, 0.1) is 0 Å². The molecule has 0 atom stereocenters. The summed E-state index contributed by atoms with van der Waals surface area (Å²) < 4.78 is 44.2. The third-order valence-corrected chi connectivity index (χ3v) is 5.78. The third-order valence-electron chi connectivity index (χ3n) is 4.80. The molecule has 1 aliphatic carbocycles. The van der Waals surface area contributed by atoms with E-state index in [-0.39, 0.29) is 5.69 Å². The van der Waals surface area contributed by atoms with Crippen molar-refractivity contribution in [2.24, 2.45) is 0 Å². The Hall–Kier alpha value is -2.80. The van der Waals surface area contributed by atoms with Crippen molar-refractivity contribution < 1.29 is 22.7 Å². The number of halogens is 3. The molecule has 7 heteroatoms. The fourth-order valence-electron chi connectivity index (χ4n) is 3.34. The van der Waals surface area contributed by atoms with E-state index >= 15 is 0 Å². The molecule has 1 N–H and O–H groups in total. The number of nitrogens with one attached hydrogen (secondary N) is 1. The van der Waals surface area contributed by atoms with Crippen molar-refractivity contribution in [1.29, 1.82) is 0 Å². The number of carbonyl (C=O) groups excluding carboxylic acids is 1. The number of aryl methyl sites for hydroxylation is 2. The van der Waals surface area contributed by atoms with Gasteiger partial charge in [0.05, 0.1) is 10.4 Å². The molecule has 1 aromatic heterocycles. The number of ether oxygens (including phenoxy) is 1. The molecule has 0 bridgehead atoms. The Kier molecular flexibility index (Phi) is 5.32. The highest BCUT2D eigenvalue weighted by atomic mass is 32.1. The Morgan fingerprint density at radius 1 is 1.07 bits per heavy atom. The summed E-state index contributed by atoms with van der Waals surface area (Å²) in [5, 5.41) is 4.33. The van der Waals surface area contributed by atoms with Gasteiger partial charge in [0, 0.05) is 11.3 Å². The first-order chi connectivity index (χ1) is 13.9. The Bertz CT molecular complexity index is 1040. The minimum absolute atomic E-state index is 0.106. The standard InChI is InChI=1S/C22H18F3NO2S/c23-22(24,25)17-5-2-6-18(11-17)26-21(27)20-9-14(13-29-20)12-28-19-8-7-15-3-1-4-16(15)10-19/h2,5-11,13H,1,3-4,12H2,(H,26,27). The van der Waals surface area contributed by atoms with Crippen molar-refractivity contribution in [3.8, 4) is 5.75 Å². The van der Waals surface area contributed by atoms with E-state index < -0.39 is 17.6 Å². The smallest absolute Gasteiger partial charge is 0.416 e. The minimum atomic E-state index is -4.45. The van der Waals surface area contributed by atoms with Crippen molar-refractivity contribution in [3.05, 3.63) is 81.0 Å². The summed E-state index contributed by atoms with van der Waals surface area (Å²) >= 11 is 1.23. The summed E-state index contributed by atoms with van der Waals surface area (Å²) in [7, 11) is 0. The number of thiophene rings is 1. The van der Waals surface area contributed by atoms with E-state index in [1.165, 1.54) is 41.0 Å². The van der Waals surface area contributed by atoms with E-state index in [4.69, 9.17) is 4.74 Å². The Morgan fingerprint density at radius 2 is 1.90 bits per heavy atom. The summed E-state index contributed by atoms with van der Waals surface area (Å²) in [6, 6.07) is 12.4. The number of alkyl halides is 3. The van der Waals surface area contributed by atoms with Crippen molar-refractivity contribution in [1.82, 2.24) is 0 Å². The van der Waals surface area contributed by atoms with Crippen LogP contribution in [0.2, 0.25) is 0 Å². The number of anilines is 1. The first-order valence-electron chi connectivity index (χ1n) is 9.19. The van der Waals surface area contributed by atoms with E-state index in [1.807, 2.05) is 11.4 Å². The topological polar surface area (TPSA) is 38.3 Å². The van der Waals surface area contributed by atoms with Crippen LogP contribution in [0.1, 0.15) is 38.3 Å². The SMILES string of the molecule is O=C(Nc1cccc(C(F)(F)F)c1)c1cc(COc2ccc3c(c2)CCC3)cs1. The zero-order chi connectivity index (χ0) is 20.4. The highest BCUT2D eigenvalue weighted by Gasteiger charge is 2.30. The van der Waals surface area contributed by atoms with Gasteiger partial charge in [0.1, 0.15) is 12.4 Å². The Labute approximate surface area is 170 Å².